The summed E-state index contributed by atoms with van der Waals surface area (Å²) in [6, 6.07) is 1.87. The molecule has 25 heavy (non-hydrogen) atoms. The highest BCUT2D eigenvalue weighted by Crippen LogP contribution is 2.21. The van der Waals surface area contributed by atoms with Gasteiger partial charge in [0.2, 0.25) is 0 Å². The average molecular weight is 363 g/mol. The molecule has 136 valence electrons. The predicted molar refractivity (Wildman–Crippen MR) is 98.1 cm³/mol. The number of ether oxygens (including phenoxy) is 1. The summed E-state index contributed by atoms with van der Waals surface area (Å²) in [5.74, 6) is 0.394. The Morgan fingerprint density at radius 1 is 1.36 bits per heavy atom. The Labute approximate surface area is 152 Å². The Bertz CT molecular complexity index is 718. The lowest BCUT2D eigenvalue weighted by atomic mass is 10.1. The van der Waals surface area contributed by atoms with Gasteiger partial charge in [0.15, 0.2) is 5.13 Å². The van der Waals surface area contributed by atoms with Crippen LogP contribution in [0.3, 0.4) is 0 Å². The molecule has 2 aromatic heterocycles. The number of carbonyl (C=O) groups is 1. The molecule has 2 aromatic rings. The summed E-state index contributed by atoms with van der Waals surface area (Å²) in [6.45, 7) is 7.92. The summed E-state index contributed by atoms with van der Waals surface area (Å²) >= 11 is 1.61. The van der Waals surface area contributed by atoms with Crippen LogP contribution in [-0.4, -0.2) is 47.0 Å². The third-order valence-corrected chi connectivity index (χ3v) is 4.98. The second-order valence-corrected chi connectivity index (χ2v) is 7.48. The SMILES string of the molecule is CC(C)Cc1cc(C(=O)NCc2csc(N3CCOCC3)n2)n(C)n1. The van der Waals surface area contributed by atoms with Gasteiger partial charge in [-0.25, -0.2) is 4.98 Å². The number of rotatable bonds is 6. The lowest BCUT2D eigenvalue weighted by molar-refractivity contribution is 0.0941. The second-order valence-electron chi connectivity index (χ2n) is 6.65. The number of amides is 1. The molecule has 1 aliphatic heterocycles. The zero-order valence-electron chi connectivity index (χ0n) is 15.0. The molecule has 0 saturated carbocycles. The van der Waals surface area contributed by atoms with E-state index >= 15 is 0 Å². The van der Waals surface area contributed by atoms with Crippen LogP contribution in [0.25, 0.3) is 0 Å². The number of thiazole rings is 1. The van der Waals surface area contributed by atoms with E-state index in [0.717, 1.165) is 49.2 Å². The molecule has 0 aromatic carbocycles. The van der Waals surface area contributed by atoms with E-state index in [1.807, 2.05) is 11.4 Å². The maximum atomic E-state index is 12.4. The van der Waals surface area contributed by atoms with Gasteiger partial charge in [-0.15, -0.1) is 11.3 Å². The van der Waals surface area contributed by atoms with Crippen LogP contribution >= 0.6 is 11.3 Å². The fraction of sp³-hybridized carbons (Fsp3) is 0.588. The summed E-state index contributed by atoms with van der Waals surface area (Å²) in [6.07, 6.45) is 0.871. The van der Waals surface area contributed by atoms with E-state index in [2.05, 4.69) is 34.1 Å². The van der Waals surface area contributed by atoms with Crippen molar-refractivity contribution in [1.82, 2.24) is 20.1 Å². The lowest BCUT2D eigenvalue weighted by Gasteiger charge is -2.26. The van der Waals surface area contributed by atoms with E-state index in [9.17, 15) is 4.79 Å². The number of nitrogens with zero attached hydrogens (tertiary/aromatic N) is 4. The highest BCUT2D eigenvalue weighted by atomic mass is 32.1. The number of anilines is 1. The zero-order chi connectivity index (χ0) is 17.8. The minimum atomic E-state index is -0.120. The summed E-state index contributed by atoms with van der Waals surface area (Å²) < 4.78 is 7.01. The Hall–Kier alpha value is -1.93. The van der Waals surface area contributed by atoms with Crippen molar-refractivity contribution < 1.29 is 9.53 Å². The monoisotopic (exact) mass is 363 g/mol. The molecule has 0 radical (unpaired) electrons. The van der Waals surface area contributed by atoms with E-state index in [1.54, 1.807) is 23.1 Å². The molecule has 1 amide bonds. The van der Waals surface area contributed by atoms with Crippen LogP contribution in [-0.2, 0) is 24.8 Å². The number of hydrogen-bond acceptors (Lipinski definition) is 6. The number of morpholine rings is 1. The van der Waals surface area contributed by atoms with Gasteiger partial charge in [-0.3, -0.25) is 9.48 Å². The first-order chi connectivity index (χ1) is 12.0. The molecule has 7 nitrogen and oxygen atoms in total. The lowest BCUT2D eigenvalue weighted by Crippen LogP contribution is -2.36. The predicted octanol–water partition coefficient (Wildman–Crippen LogP) is 1.84. The normalized spacial score (nSPS) is 15.0. The minimum Gasteiger partial charge on any atom is -0.378 e. The number of hydrogen-bond donors (Lipinski definition) is 1. The van der Waals surface area contributed by atoms with Gasteiger partial charge in [0.05, 0.1) is 31.1 Å². The van der Waals surface area contributed by atoms with Crippen molar-refractivity contribution in [2.45, 2.75) is 26.8 Å². The number of carbonyl (C=O) groups excluding carboxylic acids is 1. The van der Waals surface area contributed by atoms with Gasteiger partial charge in [-0.1, -0.05) is 13.8 Å². The molecule has 3 heterocycles. The smallest absolute Gasteiger partial charge is 0.269 e. The van der Waals surface area contributed by atoms with Gasteiger partial charge in [-0.2, -0.15) is 5.10 Å². The molecular formula is C17H25N5O2S. The Morgan fingerprint density at radius 3 is 2.84 bits per heavy atom. The highest BCUT2D eigenvalue weighted by Gasteiger charge is 2.16. The van der Waals surface area contributed by atoms with Crippen LogP contribution in [0.4, 0.5) is 5.13 Å². The largest absolute Gasteiger partial charge is 0.378 e. The third-order valence-electron chi connectivity index (χ3n) is 4.03. The third kappa shape index (κ3) is 4.58. The standard InChI is InChI=1S/C17H25N5O2S/c1-12(2)8-13-9-15(21(3)20-13)16(23)18-10-14-11-25-17(19-14)22-4-6-24-7-5-22/h9,11-12H,4-8,10H2,1-3H3,(H,18,23). The van der Waals surface area contributed by atoms with Gasteiger partial charge >= 0.3 is 0 Å². The van der Waals surface area contributed by atoms with Crippen LogP contribution in [0.1, 0.15) is 35.7 Å². The van der Waals surface area contributed by atoms with Crippen molar-refractivity contribution in [3.05, 3.63) is 28.5 Å². The van der Waals surface area contributed by atoms with Crippen molar-refractivity contribution >= 4 is 22.4 Å². The van der Waals surface area contributed by atoms with Crippen molar-refractivity contribution in [2.24, 2.45) is 13.0 Å². The van der Waals surface area contributed by atoms with Crippen molar-refractivity contribution in [1.29, 1.82) is 0 Å². The Morgan fingerprint density at radius 2 is 2.12 bits per heavy atom. The van der Waals surface area contributed by atoms with Crippen molar-refractivity contribution in [2.75, 3.05) is 31.2 Å². The molecule has 0 unspecified atom stereocenters. The Balaban J connectivity index is 1.57. The van der Waals surface area contributed by atoms with E-state index in [4.69, 9.17) is 4.74 Å². The Kier molecular flexibility index (Phi) is 5.70. The van der Waals surface area contributed by atoms with E-state index in [0.29, 0.717) is 18.2 Å². The molecule has 1 aliphatic rings. The zero-order valence-corrected chi connectivity index (χ0v) is 15.8. The van der Waals surface area contributed by atoms with E-state index in [-0.39, 0.29) is 5.91 Å². The molecule has 3 rings (SSSR count). The van der Waals surface area contributed by atoms with Crippen molar-refractivity contribution in [3.63, 3.8) is 0 Å². The van der Waals surface area contributed by atoms with Gasteiger partial charge in [-0.05, 0) is 18.4 Å². The summed E-state index contributed by atoms with van der Waals surface area (Å²) in [4.78, 5) is 19.3. The number of aromatic nitrogens is 3. The fourth-order valence-corrected chi connectivity index (χ4v) is 3.68. The molecule has 1 fully saturated rings. The molecule has 0 bridgehead atoms. The molecule has 0 aliphatic carbocycles. The summed E-state index contributed by atoms with van der Waals surface area (Å²) in [5, 5.41) is 10.3. The maximum absolute atomic E-state index is 12.4. The van der Waals surface area contributed by atoms with Crippen LogP contribution in [0.15, 0.2) is 11.4 Å². The molecule has 0 spiro atoms. The molecular weight excluding hydrogens is 338 g/mol. The first kappa shape index (κ1) is 17.9. The topological polar surface area (TPSA) is 72.3 Å². The van der Waals surface area contributed by atoms with Gasteiger partial charge in [0, 0.05) is 25.5 Å². The van der Waals surface area contributed by atoms with Crippen LogP contribution < -0.4 is 10.2 Å². The molecule has 1 N–H and O–H groups in total. The van der Waals surface area contributed by atoms with Gasteiger partial charge in [0.25, 0.3) is 5.91 Å². The first-order valence-corrected chi connectivity index (χ1v) is 9.49. The van der Waals surface area contributed by atoms with Crippen molar-refractivity contribution in [3.8, 4) is 0 Å². The molecule has 0 atom stereocenters. The molecule has 1 saturated heterocycles. The first-order valence-electron chi connectivity index (χ1n) is 8.61. The van der Waals surface area contributed by atoms with Gasteiger partial charge in [0.1, 0.15) is 5.69 Å². The highest BCUT2D eigenvalue weighted by molar-refractivity contribution is 7.13. The maximum Gasteiger partial charge on any atom is 0.269 e. The average Bonchev–Trinajstić information content (AvgIpc) is 3.20. The van der Waals surface area contributed by atoms with E-state index in [1.165, 1.54) is 0 Å². The van der Waals surface area contributed by atoms with Crippen LogP contribution in [0, 0.1) is 5.92 Å². The quantitative estimate of drug-likeness (QED) is 0.848. The van der Waals surface area contributed by atoms with Crippen LogP contribution in [0.2, 0.25) is 0 Å². The minimum absolute atomic E-state index is 0.120. The number of nitrogens with one attached hydrogen (secondary N) is 1. The van der Waals surface area contributed by atoms with E-state index < -0.39 is 0 Å². The number of aryl methyl sites for hydroxylation is 1. The summed E-state index contributed by atoms with van der Waals surface area (Å²) in [5.41, 5.74) is 2.41. The fourth-order valence-electron chi connectivity index (χ4n) is 2.80. The summed E-state index contributed by atoms with van der Waals surface area (Å²) in [7, 11) is 1.80. The second kappa shape index (κ2) is 7.97. The molecule has 8 heteroatoms. The van der Waals surface area contributed by atoms with Gasteiger partial charge < -0.3 is 15.0 Å². The van der Waals surface area contributed by atoms with Crippen LogP contribution in [0.5, 0.6) is 0 Å².